The SMILES string of the molecule is COc1cc(NC(=O)CCCN(C)S(=O)(=O)c2ccc(F)cc2)c(OC)cc1Cl. The second-order valence-corrected chi connectivity index (χ2v) is 8.57. The molecular weight excluding hydrogens is 423 g/mol. The Morgan fingerprint density at radius 1 is 1.14 bits per heavy atom. The van der Waals surface area contributed by atoms with Crippen LogP contribution in [0, 0.1) is 5.82 Å². The van der Waals surface area contributed by atoms with Crippen LogP contribution in [0.2, 0.25) is 5.02 Å². The molecule has 0 spiro atoms. The van der Waals surface area contributed by atoms with Crippen LogP contribution in [0.15, 0.2) is 41.3 Å². The molecule has 0 radical (unpaired) electrons. The number of nitrogens with one attached hydrogen (secondary N) is 1. The molecule has 2 aromatic rings. The lowest BCUT2D eigenvalue weighted by Gasteiger charge is -2.17. The van der Waals surface area contributed by atoms with E-state index in [0.717, 1.165) is 16.4 Å². The van der Waals surface area contributed by atoms with Crippen LogP contribution in [0.25, 0.3) is 0 Å². The summed E-state index contributed by atoms with van der Waals surface area (Å²) in [6.45, 7) is 0.119. The number of benzene rings is 2. The lowest BCUT2D eigenvalue weighted by atomic mass is 10.2. The maximum absolute atomic E-state index is 13.0. The summed E-state index contributed by atoms with van der Waals surface area (Å²) < 4.78 is 49.4. The standard InChI is InChI=1S/C19H22ClFN2O5S/c1-23(29(25,26)14-8-6-13(21)7-9-14)10-4-5-19(24)22-16-12-17(27-2)15(20)11-18(16)28-3/h6-9,11-12H,4-5,10H2,1-3H3,(H,22,24). The first-order valence-corrected chi connectivity index (χ1v) is 10.4. The molecule has 0 aliphatic carbocycles. The molecular formula is C19H22ClFN2O5S. The fourth-order valence-electron chi connectivity index (χ4n) is 2.54. The molecule has 0 aromatic heterocycles. The van der Waals surface area contributed by atoms with Gasteiger partial charge in [-0.1, -0.05) is 11.6 Å². The van der Waals surface area contributed by atoms with E-state index in [-0.39, 0.29) is 30.2 Å². The zero-order valence-electron chi connectivity index (χ0n) is 16.2. The quantitative estimate of drug-likeness (QED) is 0.639. The summed E-state index contributed by atoms with van der Waals surface area (Å²) in [5, 5.41) is 3.04. The lowest BCUT2D eigenvalue weighted by Crippen LogP contribution is -2.28. The van der Waals surface area contributed by atoms with Crippen molar-refractivity contribution >= 4 is 33.2 Å². The molecule has 0 unspecified atom stereocenters. The third-order valence-corrected chi connectivity index (χ3v) is 6.31. The molecule has 0 bridgehead atoms. The first kappa shape index (κ1) is 22.9. The molecule has 0 saturated heterocycles. The van der Waals surface area contributed by atoms with Crippen LogP contribution in [0.5, 0.6) is 11.5 Å². The second kappa shape index (κ2) is 9.91. The lowest BCUT2D eigenvalue weighted by molar-refractivity contribution is -0.116. The van der Waals surface area contributed by atoms with Gasteiger partial charge in [-0.3, -0.25) is 4.79 Å². The number of sulfonamides is 1. The van der Waals surface area contributed by atoms with Gasteiger partial charge in [0, 0.05) is 32.1 Å². The van der Waals surface area contributed by atoms with E-state index < -0.39 is 15.8 Å². The van der Waals surface area contributed by atoms with Crippen molar-refractivity contribution in [1.29, 1.82) is 0 Å². The zero-order chi connectivity index (χ0) is 21.6. The molecule has 0 atom stereocenters. The van der Waals surface area contributed by atoms with Gasteiger partial charge in [-0.15, -0.1) is 0 Å². The summed E-state index contributed by atoms with van der Waals surface area (Å²) in [7, 11) is 0.556. The summed E-state index contributed by atoms with van der Waals surface area (Å²) in [5.74, 6) is -0.0779. The molecule has 2 aromatic carbocycles. The molecule has 29 heavy (non-hydrogen) atoms. The number of hydrogen-bond donors (Lipinski definition) is 1. The van der Waals surface area contributed by atoms with Gasteiger partial charge >= 0.3 is 0 Å². The summed E-state index contributed by atoms with van der Waals surface area (Å²) >= 11 is 6.04. The van der Waals surface area contributed by atoms with Crippen molar-refractivity contribution in [2.24, 2.45) is 0 Å². The van der Waals surface area contributed by atoms with Crippen LogP contribution in [-0.2, 0) is 14.8 Å². The van der Waals surface area contributed by atoms with Crippen molar-refractivity contribution in [3.63, 3.8) is 0 Å². The van der Waals surface area contributed by atoms with Gasteiger partial charge in [-0.2, -0.15) is 0 Å². The third kappa shape index (κ3) is 5.81. The maximum atomic E-state index is 13.0. The minimum absolute atomic E-state index is 0.0103. The van der Waals surface area contributed by atoms with Gasteiger partial charge in [0.05, 0.1) is 29.8 Å². The van der Waals surface area contributed by atoms with Gasteiger partial charge in [0.25, 0.3) is 0 Å². The second-order valence-electron chi connectivity index (χ2n) is 6.12. The van der Waals surface area contributed by atoms with Crippen LogP contribution in [0.4, 0.5) is 10.1 Å². The van der Waals surface area contributed by atoms with Crippen LogP contribution in [0.3, 0.4) is 0 Å². The Morgan fingerprint density at radius 3 is 2.34 bits per heavy atom. The van der Waals surface area contributed by atoms with Gasteiger partial charge in [0.1, 0.15) is 17.3 Å². The maximum Gasteiger partial charge on any atom is 0.242 e. The van der Waals surface area contributed by atoms with Crippen molar-refractivity contribution in [3.05, 3.63) is 47.2 Å². The first-order chi connectivity index (χ1) is 13.7. The number of carbonyl (C=O) groups is 1. The Hall–Kier alpha value is -2.36. The summed E-state index contributed by atoms with van der Waals surface area (Å²) in [4.78, 5) is 12.2. The van der Waals surface area contributed by atoms with Gasteiger partial charge in [-0.25, -0.2) is 17.1 Å². The molecule has 0 fully saturated rings. The van der Waals surface area contributed by atoms with Crippen molar-refractivity contribution in [1.82, 2.24) is 4.31 Å². The minimum atomic E-state index is -3.75. The van der Waals surface area contributed by atoms with Crippen LogP contribution in [0.1, 0.15) is 12.8 Å². The monoisotopic (exact) mass is 444 g/mol. The summed E-state index contributed by atoms with van der Waals surface area (Å²) in [5.41, 5.74) is 0.394. The number of rotatable bonds is 9. The smallest absolute Gasteiger partial charge is 0.242 e. The van der Waals surface area contributed by atoms with Crippen molar-refractivity contribution < 1.29 is 27.1 Å². The van der Waals surface area contributed by atoms with E-state index >= 15 is 0 Å². The Bertz CT molecular complexity index is 967. The van der Waals surface area contributed by atoms with E-state index in [1.54, 1.807) is 6.07 Å². The predicted molar refractivity (Wildman–Crippen MR) is 109 cm³/mol. The van der Waals surface area contributed by atoms with E-state index in [0.29, 0.717) is 22.2 Å². The van der Waals surface area contributed by atoms with Crippen LogP contribution < -0.4 is 14.8 Å². The zero-order valence-corrected chi connectivity index (χ0v) is 17.8. The normalized spacial score (nSPS) is 11.4. The molecule has 10 heteroatoms. The molecule has 0 aliphatic rings. The number of ether oxygens (including phenoxy) is 2. The van der Waals surface area contributed by atoms with E-state index in [4.69, 9.17) is 21.1 Å². The van der Waals surface area contributed by atoms with Gasteiger partial charge < -0.3 is 14.8 Å². The largest absolute Gasteiger partial charge is 0.495 e. The fraction of sp³-hybridized carbons (Fsp3) is 0.316. The molecule has 0 saturated carbocycles. The average Bonchev–Trinajstić information content (AvgIpc) is 2.69. The number of anilines is 1. The molecule has 0 heterocycles. The van der Waals surface area contributed by atoms with E-state index in [1.165, 1.54) is 39.5 Å². The minimum Gasteiger partial charge on any atom is -0.495 e. The topological polar surface area (TPSA) is 84.9 Å². The number of amides is 1. The Labute approximate surface area is 174 Å². The van der Waals surface area contributed by atoms with Crippen LogP contribution in [-0.4, -0.2) is 46.4 Å². The highest BCUT2D eigenvalue weighted by Crippen LogP contribution is 2.35. The molecule has 158 valence electrons. The van der Waals surface area contributed by atoms with E-state index in [1.807, 2.05) is 0 Å². The van der Waals surface area contributed by atoms with Gasteiger partial charge in [0.2, 0.25) is 15.9 Å². The molecule has 7 nitrogen and oxygen atoms in total. The first-order valence-electron chi connectivity index (χ1n) is 8.62. The van der Waals surface area contributed by atoms with E-state index in [2.05, 4.69) is 5.32 Å². The Morgan fingerprint density at radius 2 is 1.76 bits per heavy atom. The molecule has 1 N–H and O–H groups in total. The predicted octanol–water partition coefficient (Wildman–Crippen LogP) is 3.54. The number of carbonyl (C=O) groups excluding carboxylic acids is 1. The number of methoxy groups -OCH3 is 2. The van der Waals surface area contributed by atoms with Crippen molar-refractivity contribution in [3.8, 4) is 11.5 Å². The molecule has 1 amide bonds. The molecule has 2 rings (SSSR count). The summed E-state index contributed by atoms with van der Waals surface area (Å²) in [6.07, 6.45) is 0.368. The van der Waals surface area contributed by atoms with Gasteiger partial charge in [-0.05, 0) is 30.7 Å². The highest BCUT2D eigenvalue weighted by molar-refractivity contribution is 7.89. The average molecular weight is 445 g/mol. The van der Waals surface area contributed by atoms with E-state index in [9.17, 15) is 17.6 Å². The number of halogens is 2. The Kier molecular flexibility index (Phi) is 7.83. The molecule has 0 aliphatic heterocycles. The number of nitrogens with zero attached hydrogens (tertiary/aromatic N) is 1. The fourth-order valence-corrected chi connectivity index (χ4v) is 3.98. The van der Waals surface area contributed by atoms with Crippen molar-refractivity contribution in [2.45, 2.75) is 17.7 Å². The third-order valence-electron chi connectivity index (χ3n) is 4.15. The summed E-state index contributed by atoms with van der Waals surface area (Å²) in [6, 6.07) is 7.65. The Balaban J connectivity index is 1.95. The van der Waals surface area contributed by atoms with Gasteiger partial charge in [0.15, 0.2) is 0 Å². The highest BCUT2D eigenvalue weighted by atomic mass is 35.5. The number of hydrogen-bond acceptors (Lipinski definition) is 5. The van der Waals surface area contributed by atoms with Crippen molar-refractivity contribution in [2.75, 3.05) is 33.1 Å². The van der Waals surface area contributed by atoms with Crippen LogP contribution >= 0.6 is 11.6 Å². The highest BCUT2D eigenvalue weighted by Gasteiger charge is 2.21.